The fourth-order valence-electron chi connectivity index (χ4n) is 1.72. The number of ether oxygens (including phenoxy) is 1. The van der Waals surface area contributed by atoms with Gasteiger partial charge in [0.2, 0.25) is 0 Å². The van der Waals surface area contributed by atoms with Gasteiger partial charge in [0, 0.05) is 11.6 Å². The van der Waals surface area contributed by atoms with Gasteiger partial charge in [0.05, 0.1) is 6.61 Å². The summed E-state index contributed by atoms with van der Waals surface area (Å²) in [5.41, 5.74) is -5.46. The van der Waals surface area contributed by atoms with E-state index in [1.165, 1.54) is 12.1 Å². The van der Waals surface area contributed by atoms with E-state index in [9.17, 15) is 26.4 Å². The van der Waals surface area contributed by atoms with Crippen molar-refractivity contribution >= 4 is 22.2 Å². The number of halogens is 3. The summed E-state index contributed by atoms with van der Waals surface area (Å²) in [6.07, 6.45) is 2.11. The molecule has 0 spiro atoms. The molecule has 0 N–H and O–H groups in total. The Morgan fingerprint density at radius 1 is 1.20 bits per heavy atom. The standard InChI is InChI=1S/C16H19F3O5S/c1-5-23-14(20)9-7-11-6-8-12(15(2,3)4)10-13(11)24-25(21,22)16(17,18)19/h6-10H,5H2,1-4H3/b9-7+. The molecule has 1 rings (SSSR count). The molecule has 0 radical (unpaired) electrons. The predicted molar refractivity (Wildman–Crippen MR) is 86.4 cm³/mol. The van der Waals surface area contributed by atoms with Gasteiger partial charge in [-0.25, -0.2) is 4.79 Å². The molecule has 0 aliphatic carbocycles. The molecule has 1 aromatic carbocycles. The molecule has 0 aliphatic heterocycles. The van der Waals surface area contributed by atoms with E-state index in [1.807, 2.05) is 0 Å². The molecule has 0 atom stereocenters. The number of carbonyl (C=O) groups is 1. The smallest absolute Gasteiger partial charge is 0.463 e. The minimum absolute atomic E-state index is 0.00567. The summed E-state index contributed by atoms with van der Waals surface area (Å²) in [7, 11) is -5.83. The van der Waals surface area contributed by atoms with Gasteiger partial charge in [0.1, 0.15) is 5.75 Å². The molecule has 0 aromatic heterocycles. The maximum atomic E-state index is 12.6. The van der Waals surface area contributed by atoms with Crippen molar-refractivity contribution in [2.75, 3.05) is 6.61 Å². The second kappa shape index (κ2) is 7.47. The lowest BCUT2D eigenvalue weighted by molar-refractivity contribution is -0.137. The van der Waals surface area contributed by atoms with E-state index in [4.69, 9.17) is 0 Å². The molecule has 25 heavy (non-hydrogen) atoms. The van der Waals surface area contributed by atoms with Crippen molar-refractivity contribution in [3.63, 3.8) is 0 Å². The summed E-state index contributed by atoms with van der Waals surface area (Å²) in [5.74, 6) is -1.24. The van der Waals surface area contributed by atoms with Gasteiger partial charge in [0.15, 0.2) is 0 Å². The van der Waals surface area contributed by atoms with Gasteiger partial charge < -0.3 is 8.92 Å². The first kappa shape index (κ1) is 21.0. The summed E-state index contributed by atoms with van der Waals surface area (Å²) in [4.78, 5) is 11.4. The predicted octanol–water partition coefficient (Wildman–Crippen LogP) is 3.79. The van der Waals surface area contributed by atoms with E-state index in [0.717, 1.165) is 12.2 Å². The van der Waals surface area contributed by atoms with Gasteiger partial charge in [-0.05, 0) is 30.0 Å². The van der Waals surface area contributed by atoms with Crippen LogP contribution in [-0.4, -0.2) is 26.5 Å². The van der Waals surface area contributed by atoms with Crippen molar-refractivity contribution in [2.24, 2.45) is 0 Å². The minimum Gasteiger partial charge on any atom is -0.463 e. The second-order valence-electron chi connectivity index (χ2n) is 6.07. The average Bonchev–Trinajstić information content (AvgIpc) is 2.43. The number of alkyl halides is 3. The SMILES string of the molecule is CCOC(=O)/C=C/c1ccc(C(C)(C)C)cc1OS(=O)(=O)C(F)(F)F. The maximum Gasteiger partial charge on any atom is 0.534 e. The fraction of sp³-hybridized carbons (Fsp3) is 0.438. The largest absolute Gasteiger partial charge is 0.534 e. The molecule has 0 saturated heterocycles. The first-order chi connectivity index (χ1) is 11.3. The monoisotopic (exact) mass is 380 g/mol. The van der Waals surface area contributed by atoms with Gasteiger partial charge in [-0.2, -0.15) is 21.6 Å². The van der Waals surface area contributed by atoms with Crippen LogP contribution in [0.1, 0.15) is 38.8 Å². The second-order valence-corrected chi connectivity index (χ2v) is 7.61. The molecule has 0 unspecified atom stereocenters. The van der Waals surface area contributed by atoms with Crippen molar-refractivity contribution in [1.29, 1.82) is 0 Å². The van der Waals surface area contributed by atoms with E-state index >= 15 is 0 Å². The third-order valence-corrected chi connectivity index (χ3v) is 4.01. The highest BCUT2D eigenvalue weighted by molar-refractivity contribution is 7.88. The number of hydrogen-bond donors (Lipinski definition) is 0. The quantitative estimate of drug-likeness (QED) is 0.336. The minimum atomic E-state index is -5.83. The Balaban J connectivity index is 3.36. The summed E-state index contributed by atoms with van der Waals surface area (Å²) >= 11 is 0. The lowest BCUT2D eigenvalue weighted by Crippen LogP contribution is -2.28. The first-order valence-electron chi connectivity index (χ1n) is 7.28. The molecule has 9 heteroatoms. The summed E-state index contributed by atoms with van der Waals surface area (Å²) in [6, 6.07) is 4.18. The number of benzene rings is 1. The highest BCUT2D eigenvalue weighted by Crippen LogP contribution is 2.33. The lowest BCUT2D eigenvalue weighted by atomic mass is 9.86. The third kappa shape index (κ3) is 5.77. The molecule has 0 saturated carbocycles. The van der Waals surface area contributed by atoms with Crippen LogP contribution in [0.4, 0.5) is 13.2 Å². The van der Waals surface area contributed by atoms with Gasteiger partial charge >= 0.3 is 21.6 Å². The summed E-state index contributed by atoms with van der Waals surface area (Å²) in [5, 5.41) is 0. The summed E-state index contributed by atoms with van der Waals surface area (Å²) in [6.45, 7) is 7.13. The zero-order chi connectivity index (χ0) is 19.5. The van der Waals surface area contributed by atoms with Gasteiger partial charge in [0.25, 0.3) is 0 Å². The average molecular weight is 380 g/mol. The van der Waals surface area contributed by atoms with Gasteiger partial charge in [-0.15, -0.1) is 0 Å². The molecule has 0 fully saturated rings. The van der Waals surface area contributed by atoms with Crippen LogP contribution in [0.15, 0.2) is 24.3 Å². The Bertz CT molecular complexity index is 759. The molecule has 0 amide bonds. The molecule has 0 aliphatic rings. The number of carbonyl (C=O) groups excluding carboxylic acids is 1. The van der Waals surface area contributed by atoms with Crippen molar-refractivity contribution in [1.82, 2.24) is 0 Å². The first-order valence-corrected chi connectivity index (χ1v) is 8.69. The van der Waals surface area contributed by atoms with Crippen LogP contribution >= 0.6 is 0 Å². The Morgan fingerprint density at radius 3 is 2.28 bits per heavy atom. The topological polar surface area (TPSA) is 69.7 Å². The number of hydrogen-bond acceptors (Lipinski definition) is 5. The van der Waals surface area contributed by atoms with Crippen LogP contribution in [0, 0.1) is 0 Å². The normalized spacial score (nSPS) is 13.1. The van der Waals surface area contributed by atoms with Crippen molar-refractivity contribution in [2.45, 2.75) is 38.6 Å². The van der Waals surface area contributed by atoms with Gasteiger partial charge in [-0.1, -0.05) is 32.9 Å². The highest BCUT2D eigenvalue weighted by Gasteiger charge is 2.48. The summed E-state index contributed by atoms with van der Waals surface area (Å²) < 4.78 is 69.3. The number of esters is 1. The van der Waals surface area contributed by atoms with Crippen molar-refractivity contribution in [3.05, 3.63) is 35.4 Å². The molecule has 0 bridgehead atoms. The van der Waals surface area contributed by atoms with Crippen molar-refractivity contribution in [3.8, 4) is 5.75 Å². The van der Waals surface area contributed by atoms with E-state index in [-0.39, 0.29) is 12.2 Å². The molecular formula is C16H19F3O5S. The molecular weight excluding hydrogens is 361 g/mol. The van der Waals surface area contributed by atoms with Crippen LogP contribution in [0.5, 0.6) is 5.75 Å². The zero-order valence-corrected chi connectivity index (χ0v) is 15.0. The molecule has 0 heterocycles. The Morgan fingerprint density at radius 2 is 1.80 bits per heavy atom. The molecule has 140 valence electrons. The fourth-order valence-corrected chi connectivity index (χ4v) is 2.20. The Hall–Kier alpha value is -2.03. The maximum absolute atomic E-state index is 12.6. The van der Waals surface area contributed by atoms with Gasteiger partial charge in [-0.3, -0.25) is 0 Å². The molecule has 1 aromatic rings. The van der Waals surface area contributed by atoms with E-state index in [0.29, 0.717) is 5.56 Å². The lowest BCUT2D eigenvalue weighted by Gasteiger charge is -2.21. The number of rotatable bonds is 5. The van der Waals surface area contributed by atoms with Crippen LogP contribution in [0.2, 0.25) is 0 Å². The van der Waals surface area contributed by atoms with E-state index in [2.05, 4.69) is 8.92 Å². The third-order valence-electron chi connectivity index (χ3n) is 3.05. The van der Waals surface area contributed by atoms with E-state index in [1.54, 1.807) is 33.8 Å². The van der Waals surface area contributed by atoms with Crippen LogP contribution in [0.3, 0.4) is 0 Å². The Kier molecular flexibility index (Phi) is 6.28. The van der Waals surface area contributed by atoms with Crippen LogP contribution < -0.4 is 4.18 Å². The highest BCUT2D eigenvalue weighted by atomic mass is 32.2. The Labute approximate surface area is 144 Å². The van der Waals surface area contributed by atoms with E-state index < -0.39 is 32.8 Å². The molecule has 5 nitrogen and oxygen atoms in total. The van der Waals surface area contributed by atoms with Crippen LogP contribution in [-0.2, 0) is 25.1 Å². The van der Waals surface area contributed by atoms with Crippen molar-refractivity contribution < 1.29 is 35.3 Å². The van der Waals surface area contributed by atoms with Crippen LogP contribution in [0.25, 0.3) is 6.08 Å². The zero-order valence-electron chi connectivity index (χ0n) is 14.2.